The second-order valence-electron chi connectivity index (χ2n) is 7.21. The number of alkyl halides is 3. The van der Waals surface area contributed by atoms with Gasteiger partial charge in [0.05, 0.1) is 34.3 Å². The molecule has 6 nitrogen and oxygen atoms in total. The third-order valence-corrected chi connectivity index (χ3v) is 5.96. The van der Waals surface area contributed by atoms with Crippen LogP contribution in [-0.4, -0.2) is 38.1 Å². The van der Waals surface area contributed by atoms with Gasteiger partial charge in [-0.05, 0) is 43.2 Å². The van der Waals surface area contributed by atoms with E-state index < -0.39 is 17.6 Å². The number of morpholine rings is 1. The highest BCUT2D eigenvalue weighted by molar-refractivity contribution is 7.18. The molecule has 0 radical (unpaired) electrons. The van der Waals surface area contributed by atoms with Crippen molar-refractivity contribution in [3.8, 4) is 0 Å². The Bertz CT molecular complexity index is 950. The lowest BCUT2D eigenvalue weighted by molar-refractivity contribution is -0.136. The number of anilines is 3. The van der Waals surface area contributed by atoms with Crippen LogP contribution in [0.15, 0.2) is 30.3 Å². The molecule has 1 aromatic heterocycles. The van der Waals surface area contributed by atoms with Gasteiger partial charge in [-0.25, -0.2) is 0 Å². The average Bonchev–Trinajstić information content (AvgIpc) is 3.47. The van der Waals surface area contributed by atoms with E-state index in [4.69, 9.17) is 4.74 Å². The van der Waals surface area contributed by atoms with Gasteiger partial charge >= 0.3 is 6.18 Å². The van der Waals surface area contributed by atoms with Crippen LogP contribution in [0.4, 0.5) is 29.5 Å². The van der Waals surface area contributed by atoms with Gasteiger partial charge in [0.1, 0.15) is 0 Å². The number of carbonyl (C=O) groups excluding carboxylic acids is 2. The molecule has 1 aromatic carbocycles. The van der Waals surface area contributed by atoms with E-state index in [2.05, 4.69) is 10.6 Å². The summed E-state index contributed by atoms with van der Waals surface area (Å²) in [5, 5.41) is 5.58. The number of carbonyl (C=O) groups is 2. The van der Waals surface area contributed by atoms with Gasteiger partial charge in [0.25, 0.3) is 5.91 Å². The quantitative estimate of drug-likeness (QED) is 0.733. The molecule has 30 heavy (non-hydrogen) atoms. The summed E-state index contributed by atoms with van der Waals surface area (Å²) in [4.78, 5) is 26.4. The van der Waals surface area contributed by atoms with Gasteiger partial charge in [0, 0.05) is 24.7 Å². The van der Waals surface area contributed by atoms with E-state index in [1.807, 2.05) is 4.90 Å². The Kier molecular flexibility index (Phi) is 5.70. The lowest BCUT2D eigenvalue weighted by Gasteiger charge is -2.29. The first-order valence-corrected chi connectivity index (χ1v) is 10.4. The van der Waals surface area contributed by atoms with Gasteiger partial charge < -0.3 is 20.3 Å². The Morgan fingerprint density at radius 1 is 1.07 bits per heavy atom. The number of hydrogen-bond donors (Lipinski definition) is 2. The number of benzene rings is 1. The van der Waals surface area contributed by atoms with Crippen molar-refractivity contribution in [2.45, 2.75) is 19.0 Å². The smallest absolute Gasteiger partial charge is 0.378 e. The number of thiophene rings is 1. The van der Waals surface area contributed by atoms with Gasteiger partial charge in [-0.1, -0.05) is 0 Å². The fraction of sp³-hybridized carbons (Fsp3) is 0.400. The van der Waals surface area contributed by atoms with Gasteiger partial charge in [0.15, 0.2) is 0 Å². The van der Waals surface area contributed by atoms with Crippen molar-refractivity contribution in [2.24, 2.45) is 5.92 Å². The fourth-order valence-electron chi connectivity index (χ4n) is 3.17. The van der Waals surface area contributed by atoms with Gasteiger partial charge in [-0.15, -0.1) is 11.3 Å². The zero-order valence-electron chi connectivity index (χ0n) is 15.9. The van der Waals surface area contributed by atoms with Crippen LogP contribution in [0.2, 0.25) is 0 Å². The number of rotatable bonds is 5. The van der Waals surface area contributed by atoms with E-state index >= 15 is 0 Å². The Hall–Kier alpha value is -2.59. The van der Waals surface area contributed by atoms with Crippen molar-refractivity contribution < 1.29 is 27.5 Å². The van der Waals surface area contributed by atoms with Crippen LogP contribution in [0.25, 0.3) is 0 Å². The number of hydrogen-bond acceptors (Lipinski definition) is 5. The normalized spacial score (nSPS) is 17.0. The molecular formula is C20H20F3N3O3S. The lowest BCUT2D eigenvalue weighted by Crippen LogP contribution is -2.36. The number of nitrogens with one attached hydrogen (secondary N) is 2. The molecule has 1 aliphatic carbocycles. The molecule has 1 saturated carbocycles. The summed E-state index contributed by atoms with van der Waals surface area (Å²) >= 11 is 1.03. The van der Waals surface area contributed by atoms with Crippen LogP contribution in [0.5, 0.6) is 0 Å². The van der Waals surface area contributed by atoms with Crippen molar-refractivity contribution in [1.29, 1.82) is 0 Å². The van der Waals surface area contributed by atoms with E-state index in [9.17, 15) is 22.8 Å². The first-order chi connectivity index (χ1) is 14.3. The topological polar surface area (TPSA) is 70.7 Å². The summed E-state index contributed by atoms with van der Waals surface area (Å²) in [6.45, 7) is 1.93. The highest BCUT2D eigenvalue weighted by Gasteiger charge is 2.35. The average molecular weight is 439 g/mol. The van der Waals surface area contributed by atoms with Crippen LogP contribution >= 0.6 is 11.3 Å². The van der Waals surface area contributed by atoms with E-state index in [1.165, 1.54) is 12.1 Å². The molecule has 10 heteroatoms. The minimum absolute atomic E-state index is 0.0173. The van der Waals surface area contributed by atoms with Crippen molar-refractivity contribution in [3.63, 3.8) is 0 Å². The zero-order valence-corrected chi connectivity index (χ0v) is 16.7. The highest BCUT2D eigenvalue weighted by atomic mass is 32.1. The summed E-state index contributed by atoms with van der Waals surface area (Å²) in [7, 11) is 0. The molecule has 4 rings (SSSR count). The number of nitrogens with zero attached hydrogens (tertiary/aromatic N) is 1. The molecule has 2 aliphatic rings. The van der Waals surface area contributed by atoms with Crippen molar-refractivity contribution in [1.82, 2.24) is 0 Å². The van der Waals surface area contributed by atoms with Crippen molar-refractivity contribution >= 4 is 39.5 Å². The molecule has 1 saturated heterocycles. The standard InChI is InChI=1S/C20H20F3N3O3S/c21-20(22,23)14-11-13(26-7-9-29-10-8-26)3-4-15(14)24-19(28)16-5-6-17(30-16)25-18(27)12-1-2-12/h3-6,11-12H,1-2,7-10H2,(H,24,28)(H,25,27). The Morgan fingerprint density at radius 2 is 1.80 bits per heavy atom. The lowest BCUT2D eigenvalue weighted by atomic mass is 10.1. The number of halogens is 3. The molecule has 2 N–H and O–H groups in total. The first-order valence-electron chi connectivity index (χ1n) is 9.57. The van der Waals surface area contributed by atoms with E-state index in [1.54, 1.807) is 12.1 Å². The Balaban J connectivity index is 1.50. The third kappa shape index (κ3) is 4.76. The summed E-state index contributed by atoms with van der Waals surface area (Å²) < 4.78 is 46.2. The van der Waals surface area contributed by atoms with E-state index in [0.717, 1.165) is 30.2 Å². The van der Waals surface area contributed by atoms with Gasteiger partial charge in [0.2, 0.25) is 5.91 Å². The van der Waals surface area contributed by atoms with Crippen molar-refractivity contribution in [3.05, 3.63) is 40.8 Å². The van der Waals surface area contributed by atoms with Gasteiger partial charge in [-0.3, -0.25) is 9.59 Å². The third-order valence-electron chi connectivity index (χ3n) is 4.96. The molecule has 160 valence electrons. The Morgan fingerprint density at radius 3 is 2.47 bits per heavy atom. The minimum Gasteiger partial charge on any atom is -0.378 e. The SMILES string of the molecule is O=C(Nc1ccc(N2CCOCC2)cc1C(F)(F)F)c1ccc(NC(=O)C2CC2)s1. The summed E-state index contributed by atoms with van der Waals surface area (Å²) in [5.74, 6) is -0.734. The molecule has 0 bridgehead atoms. The molecule has 2 amide bonds. The molecule has 0 spiro atoms. The molecule has 0 atom stereocenters. The second kappa shape index (κ2) is 8.27. The monoisotopic (exact) mass is 439 g/mol. The Labute approximate surface area is 175 Å². The van der Waals surface area contributed by atoms with E-state index in [-0.39, 0.29) is 22.4 Å². The summed E-state index contributed by atoms with van der Waals surface area (Å²) in [5.41, 5.74) is -0.773. The number of amides is 2. The van der Waals surface area contributed by atoms with Crippen LogP contribution < -0.4 is 15.5 Å². The maximum Gasteiger partial charge on any atom is 0.418 e. The van der Waals surface area contributed by atoms with E-state index in [0.29, 0.717) is 37.0 Å². The fourth-order valence-corrected chi connectivity index (χ4v) is 3.98. The predicted octanol–water partition coefficient (Wildman–Crippen LogP) is 4.20. The maximum atomic E-state index is 13.6. The largest absolute Gasteiger partial charge is 0.418 e. The van der Waals surface area contributed by atoms with Crippen LogP contribution in [0.1, 0.15) is 28.1 Å². The minimum atomic E-state index is -4.62. The zero-order chi connectivity index (χ0) is 21.3. The molecule has 0 unspecified atom stereocenters. The second-order valence-corrected chi connectivity index (χ2v) is 8.29. The molecule has 2 aromatic rings. The number of ether oxygens (including phenoxy) is 1. The molecule has 2 fully saturated rings. The molecule has 2 heterocycles. The maximum absolute atomic E-state index is 13.6. The first kappa shape index (κ1) is 20.7. The van der Waals surface area contributed by atoms with Crippen LogP contribution in [-0.2, 0) is 15.7 Å². The molecule has 1 aliphatic heterocycles. The predicted molar refractivity (Wildman–Crippen MR) is 108 cm³/mol. The van der Waals surface area contributed by atoms with Gasteiger partial charge in [-0.2, -0.15) is 13.2 Å². The summed E-state index contributed by atoms with van der Waals surface area (Å²) in [6, 6.07) is 6.95. The van der Waals surface area contributed by atoms with Crippen LogP contribution in [0, 0.1) is 5.92 Å². The van der Waals surface area contributed by atoms with Crippen molar-refractivity contribution in [2.75, 3.05) is 41.8 Å². The highest BCUT2D eigenvalue weighted by Crippen LogP contribution is 2.38. The van der Waals surface area contributed by atoms with Crippen LogP contribution in [0.3, 0.4) is 0 Å². The molecular weight excluding hydrogens is 419 g/mol. The summed E-state index contributed by atoms with van der Waals surface area (Å²) in [6.07, 6.45) is -2.92.